The maximum absolute atomic E-state index is 4.75. The van der Waals surface area contributed by atoms with Gasteiger partial charge in [-0.2, -0.15) is 0 Å². The number of aromatic nitrogens is 1. The number of benzene rings is 3. The molecule has 1 aliphatic carbocycles. The molecule has 0 saturated heterocycles. The Bertz CT molecular complexity index is 1400. The van der Waals surface area contributed by atoms with Crippen molar-refractivity contribution in [2.75, 3.05) is 4.90 Å². The van der Waals surface area contributed by atoms with Gasteiger partial charge in [0.2, 0.25) is 0 Å². The molecule has 2 heterocycles. The highest BCUT2D eigenvalue weighted by molar-refractivity contribution is 5.83. The first-order chi connectivity index (χ1) is 16.6. The van der Waals surface area contributed by atoms with E-state index in [1.807, 2.05) is 18.3 Å². The minimum Gasteiger partial charge on any atom is -0.334 e. The number of hydrogen-bond acceptors (Lipinski definition) is 2. The molecule has 6 rings (SSSR count). The van der Waals surface area contributed by atoms with Crippen LogP contribution in [0.25, 0.3) is 22.4 Å². The molecular formula is C32H28N2. The summed E-state index contributed by atoms with van der Waals surface area (Å²) in [5.41, 5.74) is 8.43. The monoisotopic (exact) mass is 440 g/mol. The van der Waals surface area contributed by atoms with Gasteiger partial charge in [-0.3, -0.25) is 4.98 Å². The predicted molar refractivity (Wildman–Crippen MR) is 142 cm³/mol. The van der Waals surface area contributed by atoms with E-state index in [1.165, 1.54) is 22.5 Å². The van der Waals surface area contributed by atoms with Gasteiger partial charge in [0.1, 0.15) is 0 Å². The van der Waals surface area contributed by atoms with E-state index < -0.39 is 0 Å². The molecule has 3 aromatic carbocycles. The van der Waals surface area contributed by atoms with Crippen molar-refractivity contribution >= 4 is 11.4 Å². The second kappa shape index (κ2) is 8.14. The predicted octanol–water partition coefficient (Wildman–Crippen LogP) is 7.96. The molecule has 0 spiro atoms. The average molecular weight is 441 g/mol. The number of hydrogen-bond donors (Lipinski definition) is 0. The van der Waals surface area contributed by atoms with Crippen LogP contribution < -0.4 is 4.90 Å². The Kier molecular flexibility index (Phi) is 4.95. The number of para-hydroxylation sites is 1. The van der Waals surface area contributed by atoms with E-state index in [0.717, 1.165) is 16.8 Å². The van der Waals surface area contributed by atoms with Crippen molar-refractivity contribution < 1.29 is 0 Å². The lowest BCUT2D eigenvalue weighted by Crippen LogP contribution is -2.49. The van der Waals surface area contributed by atoms with Gasteiger partial charge in [-0.15, -0.1) is 0 Å². The van der Waals surface area contributed by atoms with Gasteiger partial charge in [0.25, 0.3) is 0 Å². The molecule has 34 heavy (non-hydrogen) atoms. The third-order valence-corrected chi connectivity index (χ3v) is 7.39. The fourth-order valence-corrected chi connectivity index (χ4v) is 5.68. The Morgan fingerprint density at radius 3 is 2.38 bits per heavy atom. The normalized spacial score (nSPS) is 20.0. The van der Waals surface area contributed by atoms with Crippen LogP contribution in [-0.4, -0.2) is 11.0 Å². The van der Waals surface area contributed by atoms with E-state index in [4.69, 9.17) is 4.98 Å². The lowest BCUT2D eigenvalue weighted by Gasteiger charge is -2.50. The van der Waals surface area contributed by atoms with Crippen LogP contribution in [0.3, 0.4) is 0 Å². The van der Waals surface area contributed by atoms with E-state index in [1.54, 1.807) is 0 Å². The Balaban J connectivity index is 1.51. The van der Waals surface area contributed by atoms with E-state index in [-0.39, 0.29) is 11.5 Å². The second-order valence-electron chi connectivity index (χ2n) is 9.71. The first-order valence-corrected chi connectivity index (χ1v) is 12.0. The number of fused-ring (bicyclic) bond motifs is 2. The molecule has 2 unspecified atom stereocenters. The van der Waals surface area contributed by atoms with E-state index in [9.17, 15) is 0 Å². The van der Waals surface area contributed by atoms with Crippen LogP contribution in [0, 0.1) is 5.92 Å². The summed E-state index contributed by atoms with van der Waals surface area (Å²) >= 11 is 0. The van der Waals surface area contributed by atoms with Gasteiger partial charge >= 0.3 is 0 Å². The Morgan fingerprint density at radius 2 is 1.50 bits per heavy atom. The highest BCUT2D eigenvalue weighted by Crippen LogP contribution is 2.50. The lowest BCUT2D eigenvalue weighted by molar-refractivity contribution is 0.332. The molecule has 2 atom stereocenters. The van der Waals surface area contributed by atoms with Gasteiger partial charge < -0.3 is 4.90 Å². The van der Waals surface area contributed by atoms with Crippen LogP contribution in [0.5, 0.6) is 0 Å². The van der Waals surface area contributed by atoms with Crippen LogP contribution >= 0.6 is 0 Å². The van der Waals surface area contributed by atoms with Crippen molar-refractivity contribution in [2.45, 2.75) is 25.3 Å². The van der Waals surface area contributed by atoms with Gasteiger partial charge in [-0.05, 0) is 35.4 Å². The van der Waals surface area contributed by atoms with Crippen molar-refractivity contribution in [3.8, 4) is 22.4 Å². The average Bonchev–Trinajstić information content (AvgIpc) is 2.90. The molecule has 0 radical (unpaired) electrons. The summed E-state index contributed by atoms with van der Waals surface area (Å²) in [5.74, 6) is 0.398. The Hall–Kier alpha value is -3.91. The van der Waals surface area contributed by atoms with Crippen molar-refractivity contribution in [3.63, 3.8) is 0 Å². The molecule has 0 fully saturated rings. The number of nitrogens with zero attached hydrogens (tertiary/aromatic N) is 2. The van der Waals surface area contributed by atoms with E-state index >= 15 is 0 Å². The number of pyridine rings is 1. The zero-order chi connectivity index (χ0) is 23.1. The van der Waals surface area contributed by atoms with Gasteiger partial charge in [-0.1, -0.05) is 105 Å². The number of rotatable bonds is 3. The Labute approximate surface area is 201 Å². The third kappa shape index (κ3) is 3.30. The van der Waals surface area contributed by atoms with Crippen LogP contribution in [0.2, 0.25) is 0 Å². The molecule has 0 N–H and O–H groups in total. The number of anilines is 2. The molecule has 0 saturated carbocycles. The van der Waals surface area contributed by atoms with Gasteiger partial charge in [0.15, 0.2) is 0 Å². The third-order valence-electron chi connectivity index (χ3n) is 7.39. The highest BCUT2D eigenvalue weighted by atomic mass is 15.2. The molecule has 1 aromatic heterocycles. The summed E-state index contributed by atoms with van der Waals surface area (Å²) in [6.45, 7) is 4.76. The van der Waals surface area contributed by atoms with Crippen molar-refractivity contribution in [1.82, 2.24) is 4.98 Å². The highest BCUT2D eigenvalue weighted by Gasteiger charge is 2.44. The van der Waals surface area contributed by atoms with E-state index in [0.29, 0.717) is 5.92 Å². The molecular weight excluding hydrogens is 412 g/mol. The first-order valence-electron chi connectivity index (χ1n) is 12.0. The quantitative estimate of drug-likeness (QED) is 0.321. The molecule has 2 heteroatoms. The minimum absolute atomic E-state index is 0.0560. The topological polar surface area (TPSA) is 16.1 Å². The molecule has 2 aliphatic rings. The zero-order valence-electron chi connectivity index (χ0n) is 19.6. The van der Waals surface area contributed by atoms with Gasteiger partial charge in [0.05, 0.1) is 11.7 Å². The fraction of sp³-hybridized carbons (Fsp3) is 0.156. The molecule has 0 amide bonds. The van der Waals surface area contributed by atoms with Gasteiger partial charge in [-0.25, -0.2) is 0 Å². The molecule has 0 bridgehead atoms. The summed E-state index contributed by atoms with van der Waals surface area (Å²) in [7, 11) is 0. The summed E-state index contributed by atoms with van der Waals surface area (Å²) in [6, 6.07) is 32.7. The van der Waals surface area contributed by atoms with Crippen LogP contribution in [0.15, 0.2) is 121 Å². The molecule has 1 aliphatic heterocycles. The lowest BCUT2D eigenvalue weighted by atomic mass is 9.65. The number of allylic oxidation sites excluding steroid dienone is 2. The van der Waals surface area contributed by atoms with Crippen molar-refractivity contribution in [1.29, 1.82) is 0 Å². The van der Waals surface area contributed by atoms with Crippen molar-refractivity contribution in [2.24, 2.45) is 5.92 Å². The first kappa shape index (κ1) is 20.7. The van der Waals surface area contributed by atoms with Crippen LogP contribution in [-0.2, 0) is 5.41 Å². The SMILES string of the molecule is CC1(C)c2ccccc2N(c2cccc(-c3cccnc3-c3ccccc3)c2)C2C=CC=CC21. The summed E-state index contributed by atoms with van der Waals surface area (Å²) in [6.07, 6.45) is 11.0. The standard InChI is InChI=1S/C32H28N2/c1-32(2)27-17-6-8-19-29(27)34(30-20-9-7-18-28(30)32)25-15-10-14-24(22-25)26-16-11-21-33-31(26)23-12-4-3-5-13-23/h3-22,27,29H,1-2H3. The fourth-order valence-electron chi connectivity index (χ4n) is 5.68. The molecule has 4 aromatic rings. The second-order valence-corrected chi connectivity index (χ2v) is 9.71. The minimum atomic E-state index is 0.0560. The summed E-state index contributed by atoms with van der Waals surface area (Å²) in [4.78, 5) is 7.28. The Morgan fingerprint density at radius 1 is 0.735 bits per heavy atom. The van der Waals surface area contributed by atoms with Crippen molar-refractivity contribution in [3.05, 3.63) is 127 Å². The largest absolute Gasteiger partial charge is 0.334 e. The van der Waals surface area contributed by atoms with Crippen LogP contribution in [0.1, 0.15) is 19.4 Å². The summed E-state index contributed by atoms with van der Waals surface area (Å²) in [5, 5.41) is 0. The van der Waals surface area contributed by atoms with Crippen LogP contribution in [0.4, 0.5) is 11.4 Å². The maximum Gasteiger partial charge on any atom is 0.0780 e. The maximum atomic E-state index is 4.75. The smallest absolute Gasteiger partial charge is 0.0780 e. The van der Waals surface area contributed by atoms with E-state index in [2.05, 4.69) is 122 Å². The molecule has 2 nitrogen and oxygen atoms in total. The zero-order valence-corrected chi connectivity index (χ0v) is 19.6. The summed E-state index contributed by atoms with van der Waals surface area (Å²) < 4.78 is 0. The molecule has 166 valence electrons. The van der Waals surface area contributed by atoms with Gasteiger partial charge in [0, 0.05) is 40.0 Å².